The number of pyridine rings is 1. The maximum Gasteiger partial charge on any atom is 0.263 e. The van der Waals surface area contributed by atoms with E-state index in [0.717, 1.165) is 48.3 Å². The largest absolute Gasteiger partial charge is 0.353 e. The van der Waals surface area contributed by atoms with Crippen LogP contribution in [0.25, 0.3) is 22.2 Å². The highest BCUT2D eigenvalue weighted by Crippen LogP contribution is 2.30. The van der Waals surface area contributed by atoms with Gasteiger partial charge in [0.2, 0.25) is 5.82 Å². The molecule has 4 aromatic heterocycles. The van der Waals surface area contributed by atoms with E-state index in [4.69, 9.17) is 4.52 Å². The molecule has 0 atom stereocenters. The average Bonchev–Trinajstić information content (AvgIpc) is 3.47. The predicted octanol–water partition coefficient (Wildman–Crippen LogP) is 2.98. The van der Waals surface area contributed by atoms with Crippen molar-refractivity contribution in [2.24, 2.45) is 0 Å². The number of aromatic nitrogens is 5. The van der Waals surface area contributed by atoms with Gasteiger partial charge in [-0.05, 0) is 23.6 Å². The second-order valence-corrected chi connectivity index (χ2v) is 7.27. The van der Waals surface area contributed by atoms with Crippen LogP contribution in [0.15, 0.2) is 59.0 Å². The van der Waals surface area contributed by atoms with Gasteiger partial charge in [-0.2, -0.15) is 4.98 Å². The van der Waals surface area contributed by atoms with Crippen LogP contribution in [0.1, 0.15) is 0 Å². The van der Waals surface area contributed by atoms with Crippen molar-refractivity contribution in [1.82, 2.24) is 25.1 Å². The van der Waals surface area contributed by atoms with Crippen LogP contribution in [0, 0.1) is 0 Å². The molecule has 5 rings (SSSR count). The van der Waals surface area contributed by atoms with E-state index >= 15 is 0 Å². The summed E-state index contributed by atoms with van der Waals surface area (Å²) in [5, 5.41) is 6.10. The van der Waals surface area contributed by atoms with E-state index in [1.165, 1.54) is 0 Å². The van der Waals surface area contributed by atoms with Crippen LogP contribution in [-0.4, -0.2) is 51.3 Å². The summed E-state index contributed by atoms with van der Waals surface area (Å²) in [5.74, 6) is 2.84. The van der Waals surface area contributed by atoms with Gasteiger partial charge in [-0.15, -0.1) is 11.3 Å². The lowest BCUT2D eigenvalue weighted by Crippen LogP contribution is -2.47. The van der Waals surface area contributed by atoms with Gasteiger partial charge in [-0.3, -0.25) is 0 Å². The first-order chi connectivity index (χ1) is 13.9. The molecule has 0 unspecified atom stereocenters. The molecule has 0 aliphatic carbocycles. The lowest BCUT2D eigenvalue weighted by atomic mass is 10.2. The lowest BCUT2D eigenvalue weighted by Gasteiger charge is -2.36. The smallest absolute Gasteiger partial charge is 0.263 e. The Kier molecular flexibility index (Phi) is 4.42. The molecule has 0 radical (unpaired) electrons. The molecule has 8 nitrogen and oxygen atoms in total. The first kappa shape index (κ1) is 16.8. The summed E-state index contributed by atoms with van der Waals surface area (Å²) in [4.78, 5) is 23.1. The van der Waals surface area contributed by atoms with E-state index in [2.05, 4.69) is 34.9 Å². The molecule has 0 N–H and O–H groups in total. The molecule has 140 valence electrons. The molecule has 1 saturated heterocycles. The van der Waals surface area contributed by atoms with Crippen molar-refractivity contribution in [3.05, 3.63) is 54.4 Å². The Morgan fingerprint density at radius 3 is 2.64 bits per heavy atom. The highest BCUT2D eigenvalue weighted by molar-refractivity contribution is 7.13. The molecule has 5 heterocycles. The summed E-state index contributed by atoms with van der Waals surface area (Å²) < 4.78 is 5.51. The zero-order chi connectivity index (χ0) is 18.8. The van der Waals surface area contributed by atoms with E-state index in [1.807, 2.05) is 41.9 Å². The van der Waals surface area contributed by atoms with Gasteiger partial charge in [-0.25, -0.2) is 15.0 Å². The summed E-state index contributed by atoms with van der Waals surface area (Å²) in [6, 6.07) is 9.92. The fraction of sp³-hybridized carbons (Fsp3) is 0.211. The van der Waals surface area contributed by atoms with Gasteiger partial charge < -0.3 is 14.3 Å². The van der Waals surface area contributed by atoms with Gasteiger partial charge in [0, 0.05) is 38.6 Å². The van der Waals surface area contributed by atoms with Crippen molar-refractivity contribution in [2.75, 3.05) is 36.0 Å². The zero-order valence-corrected chi connectivity index (χ0v) is 15.8. The lowest BCUT2D eigenvalue weighted by molar-refractivity contribution is 0.432. The van der Waals surface area contributed by atoms with E-state index in [-0.39, 0.29) is 0 Å². The van der Waals surface area contributed by atoms with Gasteiger partial charge in [0.05, 0.1) is 4.88 Å². The highest BCUT2D eigenvalue weighted by Gasteiger charge is 2.24. The molecule has 0 aromatic carbocycles. The molecule has 9 heteroatoms. The number of rotatable bonds is 4. The fourth-order valence-corrected chi connectivity index (χ4v) is 3.90. The van der Waals surface area contributed by atoms with Crippen LogP contribution < -0.4 is 9.80 Å². The van der Waals surface area contributed by atoms with E-state index < -0.39 is 0 Å². The van der Waals surface area contributed by atoms with Crippen LogP contribution in [-0.2, 0) is 0 Å². The minimum Gasteiger partial charge on any atom is -0.353 e. The Labute approximate surface area is 165 Å². The molecule has 0 saturated carbocycles. The molecule has 0 spiro atoms. The van der Waals surface area contributed by atoms with Gasteiger partial charge in [0.1, 0.15) is 23.5 Å². The van der Waals surface area contributed by atoms with Crippen molar-refractivity contribution in [3.8, 4) is 22.2 Å². The molecule has 0 amide bonds. The Morgan fingerprint density at radius 1 is 0.964 bits per heavy atom. The van der Waals surface area contributed by atoms with Crippen molar-refractivity contribution in [3.63, 3.8) is 0 Å². The van der Waals surface area contributed by atoms with Crippen LogP contribution in [0.4, 0.5) is 11.6 Å². The number of thiophene rings is 1. The molecular formula is C19H17N7OS. The molecule has 4 aromatic rings. The SMILES string of the molecule is c1ccc(N2CCN(c3ncncc3-c3nc(-c4cccs4)no3)CC2)nc1. The zero-order valence-electron chi connectivity index (χ0n) is 15.0. The first-order valence-electron chi connectivity index (χ1n) is 8.97. The number of piperazine rings is 1. The third-order valence-corrected chi connectivity index (χ3v) is 5.51. The summed E-state index contributed by atoms with van der Waals surface area (Å²) in [7, 11) is 0. The van der Waals surface area contributed by atoms with E-state index in [1.54, 1.807) is 23.9 Å². The molecule has 1 fully saturated rings. The Bertz CT molecular complexity index is 1040. The molecule has 28 heavy (non-hydrogen) atoms. The van der Waals surface area contributed by atoms with Crippen LogP contribution in [0.3, 0.4) is 0 Å². The van der Waals surface area contributed by atoms with Gasteiger partial charge >= 0.3 is 0 Å². The summed E-state index contributed by atoms with van der Waals surface area (Å²) >= 11 is 1.58. The Hall–Kier alpha value is -3.33. The molecule has 0 bridgehead atoms. The van der Waals surface area contributed by atoms with Crippen molar-refractivity contribution in [1.29, 1.82) is 0 Å². The predicted molar refractivity (Wildman–Crippen MR) is 107 cm³/mol. The van der Waals surface area contributed by atoms with Gasteiger partial charge in [0.25, 0.3) is 5.89 Å². The average molecular weight is 391 g/mol. The normalized spacial score (nSPS) is 14.4. The maximum absolute atomic E-state index is 5.51. The number of nitrogens with zero attached hydrogens (tertiary/aromatic N) is 7. The minimum atomic E-state index is 0.436. The fourth-order valence-electron chi connectivity index (χ4n) is 3.25. The highest BCUT2D eigenvalue weighted by atomic mass is 32.1. The van der Waals surface area contributed by atoms with Gasteiger partial charge in [0.15, 0.2) is 0 Å². The Balaban J connectivity index is 1.38. The third-order valence-electron chi connectivity index (χ3n) is 4.64. The van der Waals surface area contributed by atoms with E-state index in [0.29, 0.717) is 11.7 Å². The summed E-state index contributed by atoms with van der Waals surface area (Å²) in [6.07, 6.45) is 5.12. The Morgan fingerprint density at radius 2 is 1.86 bits per heavy atom. The molecule has 1 aliphatic heterocycles. The van der Waals surface area contributed by atoms with Gasteiger partial charge in [-0.1, -0.05) is 17.3 Å². The minimum absolute atomic E-state index is 0.436. The number of hydrogen-bond donors (Lipinski definition) is 0. The number of hydrogen-bond acceptors (Lipinski definition) is 9. The van der Waals surface area contributed by atoms with Crippen molar-refractivity contribution in [2.45, 2.75) is 0 Å². The van der Waals surface area contributed by atoms with Crippen LogP contribution in [0.2, 0.25) is 0 Å². The third kappa shape index (κ3) is 3.20. The summed E-state index contributed by atoms with van der Waals surface area (Å²) in [6.45, 7) is 3.38. The second kappa shape index (κ2) is 7.35. The van der Waals surface area contributed by atoms with Crippen molar-refractivity contribution < 1.29 is 4.52 Å². The van der Waals surface area contributed by atoms with E-state index in [9.17, 15) is 0 Å². The second-order valence-electron chi connectivity index (χ2n) is 6.32. The van der Waals surface area contributed by atoms with Crippen LogP contribution >= 0.6 is 11.3 Å². The standard InChI is InChI=1S/C19H17N7OS/c1-2-6-21-16(5-1)25-7-9-26(10-8-25)18-14(12-20-13-22-18)19-23-17(24-27-19)15-4-3-11-28-15/h1-6,11-13H,7-10H2. The monoisotopic (exact) mass is 391 g/mol. The number of anilines is 2. The topological polar surface area (TPSA) is 84.1 Å². The quantitative estimate of drug-likeness (QED) is 0.525. The van der Waals surface area contributed by atoms with Crippen molar-refractivity contribution >= 4 is 23.0 Å². The molecular weight excluding hydrogens is 374 g/mol. The molecule has 1 aliphatic rings. The first-order valence-corrected chi connectivity index (χ1v) is 9.85. The summed E-state index contributed by atoms with van der Waals surface area (Å²) in [5.41, 5.74) is 0.754. The van der Waals surface area contributed by atoms with Crippen LogP contribution in [0.5, 0.6) is 0 Å². The maximum atomic E-state index is 5.51.